The molecule has 27 heavy (non-hydrogen) atoms. The number of carbonyl (C=O) groups excluding carboxylic acids is 3. The van der Waals surface area contributed by atoms with Gasteiger partial charge < -0.3 is 15.0 Å². The number of nitrogens with one attached hydrogen (secondary N) is 1. The van der Waals surface area contributed by atoms with Crippen LogP contribution in [-0.2, 0) is 25.5 Å². The number of amides is 2. The van der Waals surface area contributed by atoms with Crippen LogP contribution in [0.4, 0.5) is 0 Å². The summed E-state index contributed by atoms with van der Waals surface area (Å²) in [7, 11) is 0. The molecular weight excluding hydrogens is 455 g/mol. The first kappa shape index (κ1) is 21.0. The van der Waals surface area contributed by atoms with Gasteiger partial charge in [0.05, 0.1) is 11.8 Å². The molecule has 1 N–H and O–H groups in total. The number of halogens is 3. The van der Waals surface area contributed by atoms with Crippen LogP contribution in [0.15, 0.2) is 17.5 Å². The van der Waals surface area contributed by atoms with Gasteiger partial charge in [0.15, 0.2) is 0 Å². The van der Waals surface area contributed by atoms with Gasteiger partial charge in [-0.05, 0) is 18.4 Å². The Morgan fingerprint density at radius 2 is 2.19 bits per heavy atom. The van der Waals surface area contributed by atoms with Crippen LogP contribution in [0.25, 0.3) is 0 Å². The highest BCUT2D eigenvalue weighted by Crippen LogP contribution is 2.42. The lowest BCUT2D eigenvalue weighted by molar-refractivity contribution is -0.161. The van der Waals surface area contributed by atoms with Crippen molar-refractivity contribution < 1.29 is 19.1 Å². The lowest BCUT2D eigenvalue weighted by Gasteiger charge is -2.53. The zero-order chi connectivity index (χ0) is 19.8. The summed E-state index contributed by atoms with van der Waals surface area (Å²) in [4.78, 5) is 39.5. The molecule has 6 nitrogen and oxygen atoms in total. The Morgan fingerprint density at radius 1 is 1.44 bits per heavy atom. The minimum Gasteiger partial charge on any atom is -0.461 e. The summed E-state index contributed by atoms with van der Waals surface area (Å²) in [5, 5.41) is 4.51. The topological polar surface area (TPSA) is 75.7 Å². The average molecular weight is 472 g/mol. The van der Waals surface area contributed by atoms with Crippen LogP contribution in [0.3, 0.4) is 0 Å². The van der Waals surface area contributed by atoms with Gasteiger partial charge >= 0.3 is 5.97 Å². The molecule has 2 saturated heterocycles. The Labute approximate surface area is 179 Å². The van der Waals surface area contributed by atoms with Crippen LogP contribution in [0.2, 0.25) is 0 Å². The van der Waals surface area contributed by atoms with Gasteiger partial charge in [-0.1, -0.05) is 40.9 Å². The summed E-state index contributed by atoms with van der Waals surface area (Å²) in [6, 6.07) is 3.19. The predicted octanol–water partition coefficient (Wildman–Crippen LogP) is 2.61. The normalized spacial score (nSPS) is 27.6. The summed E-state index contributed by atoms with van der Waals surface area (Å²) >= 11 is 19.8. The van der Waals surface area contributed by atoms with Gasteiger partial charge in [0.25, 0.3) is 0 Å². The molecule has 0 bridgehead atoms. The maximum atomic E-state index is 12.4. The molecule has 148 valence electrons. The second kappa shape index (κ2) is 7.99. The van der Waals surface area contributed by atoms with E-state index in [0.29, 0.717) is 5.75 Å². The summed E-state index contributed by atoms with van der Waals surface area (Å²) in [5.74, 6) is -0.464. The molecule has 0 saturated carbocycles. The Bertz CT molecular complexity index is 741. The number of nitrogens with zero attached hydrogens (tertiary/aromatic N) is 1. The maximum Gasteiger partial charge on any atom is 0.314 e. The van der Waals surface area contributed by atoms with Crippen molar-refractivity contribution in [3.63, 3.8) is 0 Å². The second-order valence-electron chi connectivity index (χ2n) is 6.72. The van der Waals surface area contributed by atoms with Gasteiger partial charge in [-0.15, -0.1) is 23.1 Å². The molecule has 0 spiro atoms. The van der Waals surface area contributed by atoms with E-state index >= 15 is 0 Å². The van der Waals surface area contributed by atoms with Crippen molar-refractivity contribution in [2.75, 3.05) is 18.9 Å². The summed E-state index contributed by atoms with van der Waals surface area (Å²) in [6.07, 6.45) is 0.250. The molecule has 2 aliphatic heterocycles. The molecule has 11 heteroatoms. The average Bonchev–Trinajstić information content (AvgIpc) is 3.10. The van der Waals surface area contributed by atoms with E-state index in [1.807, 2.05) is 17.5 Å². The largest absolute Gasteiger partial charge is 0.461 e. The number of carbonyl (C=O) groups is 3. The molecule has 0 aliphatic carbocycles. The van der Waals surface area contributed by atoms with E-state index in [1.54, 1.807) is 11.8 Å². The van der Waals surface area contributed by atoms with Crippen molar-refractivity contribution >= 4 is 75.7 Å². The molecule has 0 radical (unpaired) electrons. The molecule has 3 atom stereocenters. The van der Waals surface area contributed by atoms with E-state index in [0.717, 1.165) is 4.88 Å². The first-order valence-electron chi connectivity index (χ1n) is 8.07. The molecule has 3 heterocycles. The number of rotatable bonds is 5. The highest BCUT2D eigenvalue weighted by molar-refractivity contribution is 8.00. The van der Waals surface area contributed by atoms with E-state index in [2.05, 4.69) is 5.32 Å². The van der Waals surface area contributed by atoms with Crippen LogP contribution in [-0.4, -0.2) is 56.8 Å². The molecule has 2 aliphatic rings. The highest BCUT2D eigenvalue weighted by atomic mass is 35.6. The third kappa shape index (κ3) is 4.85. The molecule has 1 aromatic heterocycles. The maximum absolute atomic E-state index is 12.4. The van der Waals surface area contributed by atoms with Gasteiger partial charge in [0.2, 0.25) is 15.6 Å². The third-order valence-electron chi connectivity index (χ3n) is 4.32. The second-order valence-corrected chi connectivity index (χ2v) is 11.4. The van der Waals surface area contributed by atoms with Crippen molar-refractivity contribution in [3.05, 3.63) is 22.4 Å². The molecule has 0 aromatic carbocycles. The van der Waals surface area contributed by atoms with Crippen LogP contribution in [0, 0.1) is 5.41 Å². The number of β-lactam (4-membered cyclic amide) rings is 1. The van der Waals surface area contributed by atoms with E-state index in [1.165, 1.54) is 23.1 Å². The SMILES string of the molecule is CC1(C(=O)OCC(Cl)(Cl)Cl)CS[C@@H]2C(NC(=O)Cc3cccs3)C(=O)N2C1. The van der Waals surface area contributed by atoms with E-state index < -0.39 is 21.2 Å². The minimum absolute atomic E-state index is 0.182. The van der Waals surface area contributed by atoms with Crippen LogP contribution >= 0.6 is 57.9 Å². The molecular formula is C16H17Cl3N2O4S2. The first-order valence-corrected chi connectivity index (χ1v) is 11.1. The Balaban J connectivity index is 1.54. The fourth-order valence-electron chi connectivity index (χ4n) is 2.94. The fraction of sp³-hybridized carbons (Fsp3) is 0.562. The Morgan fingerprint density at radius 3 is 2.81 bits per heavy atom. The third-order valence-corrected chi connectivity index (χ3v) is 7.20. The van der Waals surface area contributed by atoms with Gasteiger partial charge in [-0.3, -0.25) is 14.4 Å². The molecule has 3 rings (SSSR count). The zero-order valence-corrected chi connectivity index (χ0v) is 18.1. The first-order chi connectivity index (χ1) is 12.6. The standard InChI is InChI=1S/C16H17Cl3N2O4S2/c1-15(14(24)25-7-16(17,18)19)6-21-12(23)11(13(21)27-8-15)20-10(22)5-9-3-2-4-26-9/h2-4,11,13H,5-8H2,1H3,(H,20,22)/t11?,13-,15?/m1/s1. The van der Waals surface area contributed by atoms with Gasteiger partial charge in [0.1, 0.15) is 18.0 Å². The van der Waals surface area contributed by atoms with Gasteiger partial charge in [-0.2, -0.15) is 0 Å². The number of thiophene rings is 1. The predicted molar refractivity (Wildman–Crippen MR) is 107 cm³/mol. The van der Waals surface area contributed by atoms with Gasteiger partial charge in [-0.25, -0.2) is 0 Å². The Kier molecular flexibility index (Phi) is 6.23. The lowest BCUT2D eigenvalue weighted by atomic mass is 9.89. The minimum atomic E-state index is -1.68. The molecule has 2 fully saturated rings. The van der Waals surface area contributed by atoms with Crippen LogP contribution in [0.5, 0.6) is 0 Å². The van der Waals surface area contributed by atoms with E-state index in [4.69, 9.17) is 39.5 Å². The number of thioether (sulfide) groups is 1. The van der Waals surface area contributed by atoms with Crippen molar-refractivity contribution in [2.45, 2.75) is 28.6 Å². The summed E-state index contributed by atoms with van der Waals surface area (Å²) < 4.78 is 3.41. The van der Waals surface area contributed by atoms with Crippen molar-refractivity contribution in [3.8, 4) is 0 Å². The smallest absolute Gasteiger partial charge is 0.314 e. The summed E-state index contributed by atoms with van der Waals surface area (Å²) in [6.45, 7) is 1.57. The Hall–Kier alpha value is -0.670. The monoisotopic (exact) mass is 470 g/mol. The van der Waals surface area contributed by atoms with E-state index in [9.17, 15) is 14.4 Å². The quantitative estimate of drug-likeness (QED) is 0.406. The number of hydrogen-bond donors (Lipinski definition) is 1. The zero-order valence-electron chi connectivity index (χ0n) is 14.2. The van der Waals surface area contributed by atoms with E-state index in [-0.39, 0.29) is 36.8 Å². The fourth-order valence-corrected chi connectivity index (χ4v) is 5.29. The number of hydrogen-bond acceptors (Lipinski definition) is 6. The molecule has 2 unspecified atom stereocenters. The van der Waals surface area contributed by atoms with Crippen molar-refractivity contribution in [2.24, 2.45) is 5.41 Å². The number of alkyl halides is 3. The molecule has 2 amide bonds. The number of esters is 1. The van der Waals surface area contributed by atoms with Crippen LogP contribution < -0.4 is 5.32 Å². The number of ether oxygens (including phenoxy) is 1. The van der Waals surface area contributed by atoms with Gasteiger partial charge in [0, 0.05) is 17.2 Å². The number of fused-ring (bicyclic) bond motifs is 1. The van der Waals surface area contributed by atoms with Crippen molar-refractivity contribution in [1.29, 1.82) is 0 Å². The van der Waals surface area contributed by atoms with Crippen LogP contribution in [0.1, 0.15) is 11.8 Å². The van der Waals surface area contributed by atoms with Crippen molar-refractivity contribution in [1.82, 2.24) is 10.2 Å². The lowest BCUT2D eigenvalue weighted by Crippen LogP contribution is -2.73. The molecule has 1 aromatic rings. The highest BCUT2D eigenvalue weighted by Gasteiger charge is 2.56. The summed E-state index contributed by atoms with van der Waals surface area (Å²) in [5.41, 5.74) is -0.890.